The Labute approximate surface area is 277 Å². The Balaban J connectivity index is 0.943. The van der Waals surface area contributed by atoms with Crippen molar-refractivity contribution in [1.29, 1.82) is 0 Å². The second kappa shape index (κ2) is 12.1. The summed E-state index contributed by atoms with van der Waals surface area (Å²) < 4.78 is 7.54. The number of aryl methyl sites for hydroxylation is 1. The van der Waals surface area contributed by atoms with E-state index in [2.05, 4.69) is 42.3 Å². The second-order valence-corrected chi connectivity index (χ2v) is 16.6. The van der Waals surface area contributed by atoms with Gasteiger partial charge in [-0.15, -0.1) is 0 Å². The first-order valence-corrected chi connectivity index (χ1v) is 18.1. The Bertz CT molecular complexity index is 1590. The summed E-state index contributed by atoms with van der Waals surface area (Å²) in [5.74, 6) is 2.51. The molecule has 5 aliphatic rings. The zero-order valence-electron chi connectivity index (χ0n) is 28.5. The summed E-state index contributed by atoms with van der Waals surface area (Å²) in [6.07, 6.45) is 10.1. The number of hydrogen-bond donors (Lipinski definition) is 4. The Morgan fingerprint density at radius 1 is 1.09 bits per heavy atom. The summed E-state index contributed by atoms with van der Waals surface area (Å²) >= 11 is 0. The second-order valence-electron chi connectivity index (χ2n) is 16.6. The Kier molecular flexibility index (Phi) is 8.48. The minimum absolute atomic E-state index is 0.0738. The smallest absolute Gasteiger partial charge is 0.305 e. The molecular weight excluding hydrogens is 596 g/mol. The van der Waals surface area contributed by atoms with E-state index in [-0.39, 0.29) is 52.7 Å². The predicted octanol–water partition coefficient (Wildman–Crippen LogP) is 4.86. The maximum absolute atomic E-state index is 13.0. The molecule has 0 saturated heterocycles. The van der Waals surface area contributed by atoms with Gasteiger partial charge in [-0.3, -0.25) is 9.59 Å². The summed E-state index contributed by atoms with van der Waals surface area (Å²) in [7, 11) is 0. The van der Waals surface area contributed by atoms with Crippen molar-refractivity contribution >= 4 is 17.1 Å². The van der Waals surface area contributed by atoms with Crippen molar-refractivity contribution in [2.75, 3.05) is 6.61 Å². The number of H-pyrrole nitrogens is 1. The molecule has 0 bridgehead atoms. The van der Waals surface area contributed by atoms with Crippen LogP contribution >= 0.6 is 0 Å². The molecule has 10 nitrogen and oxygen atoms in total. The maximum atomic E-state index is 13.0. The van der Waals surface area contributed by atoms with Crippen molar-refractivity contribution in [1.82, 2.24) is 19.5 Å². The van der Waals surface area contributed by atoms with E-state index < -0.39 is 12.0 Å². The number of aromatic amines is 1. The number of esters is 1. The number of hydrogen-bond acceptors (Lipinski definition) is 8. The van der Waals surface area contributed by atoms with Crippen LogP contribution in [0.4, 0.5) is 0 Å². The first-order chi connectivity index (χ1) is 22.3. The lowest BCUT2D eigenvalue weighted by molar-refractivity contribution is -0.174. The van der Waals surface area contributed by atoms with Crippen molar-refractivity contribution < 1.29 is 24.9 Å². The average Bonchev–Trinajstić information content (AvgIpc) is 3.68. The summed E-state index contributed by atoms with van der Waals surface area (Å²) in [4.78, 5) is 36.7. The summed E-state index contributed by atoms with van der Waals surface area (Å²) in [5, 5.41) is 32.8. The van der Waals surface area contributed by atoms with Gasteiger partial charge in [-0.1, -0.05) is 27.4 Å². The fourth-order valence-electron chi connectivity index (χ4n) is 11.8. The van der Waals surface area contributed by atoms with Crippen LogP contribution in [0.5, 0.6) is 0 Å². The fourth-order valence-corrected chi connectivity index (χ4v) is 11.8. The summed E-state index contributed by atoms with van der Waals surface area (Å²) in [5.41, 5.74) is 1.53. The number of ether oxygens (including phenoxy) is 1. The third-order valence-electron chi connectivity index (χ3n) is 14.4. The lowest BCUT2D eigenvalue weighted by atomic mass is 9.43. The van der Waals surface area contributed by atoms with Crippen LogP contribution in [-0.2, 0) is 9.53 Å². The van der Waals surface area contributed by atoms with Crippen molar-refractivity contribution in [3.8, 4) is 0 Å². The molecule has 0 spiro atoms. The molecule has 0 aromatic carbocycles. The lowest BCUT2D eigenvalue weighted by Crippen LogP contribution is -2.58. The standard InChI is InChI=1S/C37H54N4O6/c1-19(25-7-8-26-32-27(11-13-37(25,26)5)36(4)12-10-23(42)14-22(36)15-30(32)44)6-9-31(45)47-17-24-20(2)28(16-29(24)43)41-18-38-33-34(41)39-21(3)40-35(33)46/h18-19,22-30,32,42-44H,2,6-17H2,1,3-5H3,(H,39,40,46)/t19-,22+,23-,24+,25-,26+,27+,28+,29+,30+,32+,36+,37-/m1/s1. The minimum atomic E-state index is -0.725. The van der Waals surface area contributed by atoms with Crippen LogP contribution in [0.1, 0.15) is 103 Å². The molecule has 13 atom stereocenters. The molecule has 2 aromatic rings. The number of rotatable bonds is 7. The molecular formula is C37H54N4O6. The number of carbonyl (C=O) groups excluding carboxylic acids is 1. The molecule has 47 heavy (non-hydrogen) atoms. The number of aromatic nitrogens is 4. The molecule has 2 heterocycles. The summed E-state index contributed by atoms with van der Waals surface area (Å²) in [6.45, 7) is 13.2. The quantitative estimate of drug-likeness (QED) is 0.245. The molecule has 0 unspecified atom stereocenters. The number of carbonyl (C=O) groups is 1. The van der Waals surface area contributed by atoms with Gasteiger partial charge in [0.2, 0.25) is 0 Å². The Hall–Kier alpha value is -2.56. The van der Waals surface area contributed by atoms with E-state index in [1.807, 2.05) is 0 Å². The van der Waals surface area contributed by atoms with E-state index in [0.29, 0.717) is 59.8 Å². The van der Waals surface area contributed by atoms with E-state index in [0.717, 1.165) is 56.9 Å². The highest BCUT2D eigenvalue weighted by molar-refractivity contribution is 5.70. The number of nitrogens with zero attached hydrogens (tertiary/aromatic N) is 3. The van der Waals surface area contributed by atoms with E-state index in [4.69, 9.17) is 4.74 Å². The molecule has 4 N–H and O–H groups in total. The monoisotopic (exact) mass is 650 g/mol. The lowest BCUT2D eigenvalue weighted by Gasteiger charge is -2.62. The first-order valence-electron chi connectivity index (χ1n) is 18.1. The molecule has 0 amide bonds. The Morgan fingerprint density at radius 2 is 1.83 bits per heavy atom. The van der Waals surface area contributed by atoms with E-state index in [1.165, 1.54) is 6.42 Å². The predicted molar refractivity (Wildman–Crippen MR) is 177 cm³/mol. The topological polar surface area (TPSA) is 151 Å². The highest BCUT2D eigenvalue weighted by Crippen LogP contribution is 2.68. The van der Waals surface area contributed by atoms with Gasteiger partial charge in [-0.2, -0.15) is 0 Å². The zero-order valence-corrected chi connectivity index (χ0v) is 28.5. The molecule has 5 saturated carbocycles. The van der Waals surface area contributed by atoms with E-state index >= 15 is 0 Å². The van der Waals surface area contributed by atoms with E-state index in [1.54, 1.807) is 17.8 Å². The van der Waals surface area contributed by atoms with Gasteiger partial charge >= 0.3 is 5.97 Å². The molecule has 258 valence electrons. The van der Waals surface area contributed by atoms with Crippen molar-refractivity contribution in [3.63, 3.8) is 0 Å². The van der Waals surface area contributed by atoms with Crippen LogP contribution < -0.4 is 5.56 Å². The normalized spacial score (nSPS) is 42.1. The zero-order chi connectivity index (χ0) is 33.4. The first kappa shape index (κ1) is 33.0. The van der Waals surface area contributed by atoms with E-state index in [9.17, 15) is 24.9 Å². The van der Waals surface area contributed by atoms with Crippen molar-refractivity contribution in [3.05, 3.63) is 34.7 Å². The van der Waals surface area contributed by atoms with Crippen LogP contribution in [0.25, 0.3) is 11.2 Å². The van der Waals surface area contributed by atoms with Crippen LogP contribution in [0, 0.1) is 59.2 Å². The largest absolute Gasteiger partial charge is 0.465 e. The summed E-state index contributed by atoms with van der Waals surface area (Å²) in [6, 6.07) is -0.292. The van der Waals surface area contributed by atoms with Crippen molar-refractivity contribution in [2.45, 2.75) is 123 Å². The van der Waals surface area contributed by atoms with Crippen LogP contribution in [0.3, 0.4) is 0 Å². The number of fused-ring (bicyclic) bond motifs is 6. The van der Waals surface area contributed by atoms with Crippen molar-refractivity contribution in [2.24, 2.45) is 52.3 Å². The van der Waals surface area contributed by atoms with Gasteiger partial charge < -0.3 is 29.6 Å². The number of aliphatic hydroxyl groups is 3. The van der Waals surface area contributed by atoms with Gasteiger partial charge in [-0.05, 0) is 123 Å². The molecule has 2 aromatic heterocycles. The highest BCUT2D eigenvalue weighted by atomic mass is 16.5. The SMILES string of the molecule is C=C1[C@H](COC(=O)CC[C@@H](C)[C@H]2CC[C@H]3[C@@H]4[C@@H](O)C[C@@H]5C[C@H](O)CC[C@]5(C)[C@H]4CC[C@]23C)[C@@H](O)C[C@@H]1n1cnc2c(=O)[nH]c(C)nc21. The third kappa shape index (κ3) is 5.41. The Morgan fingerprint density at radius 3 is 2.62 bits per heavy atom. The molecule has 5 fully saturated rings. The molecule has 0 aliphatic heterocycles. The van der Waals surface area contributed by atoms with Crippen LogP contribution in [0.2, 0.25) is 0 Å². The molecule has 0 radical (unpaired) electrons. The third-order valence-corrected chi connectivity index (χ3v) is 14.4. The van der Waals surface area contributed by atoms with Gasteiger partial charge in [-0.25, -0.2) is 9.97 Å². The average molecular weight is 651 g/mol. The van der Waals surface area contributed by atoms with Gasteiger partial charge in [0, 0.05) is 12.3 Å². The number of imidazole rings is 1. The van der Waals surface area contributed by atoms with Gasteiger partial charge in [0.15, 0.2) is 11.2 Å². The fraction of sp³-hybridized carbons (Fsp3) is 0.784. The number of aliphatic hydroxyl groups excluding tert-OH is 3. The van der Waals surface area contributed by atoms with Crippen LogP contribution in [-0.4, -0.2) is 65.7 Å². The molecule has 10 heteroatoms. The van der Waals surface area contributed by atoms with Gasteiger partial charge in [0.1, 0.15) is 12.4 Å². The molecule has 7 rings (SSSR count). The maximum Gasteiger partial charge on any atom is 0.305 e. The van der Waals surface area contributed by atoms with Gasteiger partial charge in [0.05, 0.1) is 30.7 Å². The molecule has 5 aliphatic carbocycles. The highest BCUT2D eigenvalue weighted by Gasteiger charge is 2.62. The minimum Gasteiger partial charge on any atom is -0.465 e. The van der Waals surface area contributed by atoms with Crippen LogP contribution in [0.15, 0.2) is 23.3 Å². The number of nitrogens with one attached hydrogen (secondary N) is 1. The van der Waals surface area contributed by atoms with Gasteiger partial charge in [0.25, 0.3) is 5.56 Å².